The van der Waals surface area contributed by atoms with Crippen LogP contribution >= 0.6 is 0 Å². The molecule has 244 valence electrons. The largest absolute Gasteiger partial charge is 0.493 e. The molecule has 1 aliphatic carbocycles. The summed E-state index contributed by atoms with van der Waals surface area (Å²) >= 11 is 0. The number of aryl methyl sites for hydroxylation is 2. The molecule has 1 atom stereocenters. The zero-order valence-corrected chi connectivity index (χ0v) is 27.4. The van der Waals surface area contributed by atoms with Crippen LogP contribution in [-0.2, 0) is 30.7 Å². The van der Waals surface area contributed by atoms with Gasteiger partial charge in [0.25, 0.3) is 0 Å². The average Bonchev–Trinajstić information content (AvgIpc) is 3.86. The van der Waals surface area contributed by atoms with Crippen molar-refractivity contribution < 1.29 is 14.2 Å². The van der Waals surface area contributed by atoms with Crippen molar-refractivity contribution in [3.05, 3.63) is 113 Å². The monoisotopic (exact) mass is 639 g/mol. The number of pyridine rings is 1. The molecule has 2 aromatic heterocycles. The maximum Gasteiger partial charge on any atom is 0.214 e. The highest BCUT2D eigenvalue weighted by Crippen LogP contribution is 2.32. The second kappa shape index (κ2) is 13.3. The van der Waals surface area contributed by atoms with Crippen LogP contribution in [0.3, 0.4) is 0 Å². The Bertz CT molecular complexity index is 2020. The van der Waals surface area contributed by atoms with E-state index in [1.165, 1.54) is 11.1 Å². The predicted molar refractivity (Wildman–Crippen MR) is 190 cm³/mol. The molecule has 1 saturated carbocycles. The summed E-state index contributed by atoms with van der Waals surface area (Å²) in [5.74, 6) is 2.46. The van der Waals surface area contributed by atoms with E-state index in [0.717, 1.165) is 101 Å². The van der Waals surface area contributed by atoms with Crippen LogP contribution in [0.4, 0.5) is 0 Å². The van der Waals surface area contributed by atoms with E-state index in [1.54, 1.807) is 6.20 Å². The molecule has 48 heavy (non-hydrogen) atoms. The summed E-state index contributed by atoms with van der Waals surface area (Å²) in [5, 5.41) is 0. The summed E-state index contributed by atoms with van der Waals surface area (Å²) in [7, 11) is 0. The van der Waals surface area contributed by atoms with E-state index in [1.807, 2.05) is 24.4 Å². The fourth-order valence-electron chi connectivity index (χ4n) is 6.47. The van der Waals surface area contributed by atoms with Gasteiger partial charge in [-0.1, -0.05) is 42.5 Å². The summed E-state index contributed by atoms with van der Waals surface area (Å²) in [6.07, 6.45) is 9.51. The second-order valence-electron chi connectivity index (χ2n) is 13.1. The number of hydrogen-bond donors (Lipinski definition) is 1. The van der Waals surface area contributed by atoms with Crippen LogP contribution in [0.2, 0.25) is 0 Å². The number of nitrogens with two attached hydrogens (primary N) is 1. The Morgan fingerprint density at radius 3 is 2.71 bits per heavy atom. The number of fused-ring (bicyclic) bond motifs is 7. The number of nitrogens with zero attached hydrogens (tertiary/aromatic N) is 4. The molecule has 0 radical (unpaired) electrons. The van der Waals surface area contributed by atoms with Crippen molar-refractivity contribution in [1.82, 2.24) is 14.5 Å². The van der Waals surface area contributed by atoms with Crippen LogP contribution in [0.5, 0.6) is 11.6 Å². The highest BCUT2D eigenvalue weighted by molar-refractivity contribution is 6.09. The van der Waals surface area contributed by atoms with Gasteiger partial charge in [0.05, 0.1) is 42.0 Å². The lowest BCUT2D eigenvalue weighted by Gasteiger charge is -2.27. The van der Waals surface area contributed by atoms with Crippen molar-refractivity contribution in [2.75, 3.05) is 13.2 Å². The number of hydrogen-bond acceptors (Lipinski definition) is 7. The zero-order valence-electron chi connectivity index (χ0n) is 27.4. The van der Waals surface area contributed by atoms with Gasteiger partial charge in [0.15, 0.2) is 0 Å². The third kappa shape index (κ3) is 6.58. The van der Waals surface area contributed by atoms with Crippen LogP contribution in [0.25, 0.3) is 27.9 Å². The minimum Gasteiger partial charge on any atom is -0.493 e. The first kappa shape index (κ1) is 30.4. The topological polar surface area (TPSA) is 96.8 Å². The fourth-order valence-corrected chi connectivity index (χ4v) is 6.47. The molecule has 4 bridgehead atoms. The Morgan fingerprint density at radius 1 is 0.958 bits per heavy atom. The van der Waals surface area contributed by atoms with Gasteiger partial charge in [-0.3, -0.25) is 4.99 Å². The summed E-state index contributed by atoms with van der Waals surface area (Å²) < 4.78 is 21.1. The zero-order chi connectivity index (χ0) is 32.5. The number of benzene rings is 3. The van der Waals surface area contributed by atoms with Gasteiger partial charge in [0.1, 0.15) is 18.2 Å². The molecule has 8 heteroatoms. The molecule has 5 aromatic rings. The smallest absolute Gasteiger partial charge is 0.214 e. The Kier molecular flexibility index (Phi) is 8.41. The minimum absolute atomic E-state index is 0.226. The van der Waals surface area contributed by atoms with Gasteiger partial charge >= 0.3 is 0 Å². The van der Waals surface area contributed by atoms with Crippen LogP contribution in [0.15, 0.2) is 84.0 Å². The van der Waals surface area contributed by atoms with E-state index >= 15 is 0 Å². The molecule has 3 aromatic carbocycles. The first-order chi connectivity index (χ1) is 23.6. The van der Waals surface area contributed by atoms with E-state index in [9.17, 15) is 0 Å². The third-order valence-electron chi connectivity index (χ3n) is 9.51. The van der Waals surface area contributed by atoms with E-state index in [-0.39, 0.29) is 6.10 Å². The van der Waals surface area contributed by atoms with Crippen LogP contribution in [0, 0.1) is 6.92 Å². The first-order valence-electron chi connectivity index (χ1n) is 17.1. The third-order valence-corrected chi connectivity index (χ3v) is 9.51. The molecule has 2 fully saturated rings. The molecule has 3 aliphatic rings. The molecule has 1 unspecified atom stereocenters. The lowest BCUT2D eigenvalue weighted by molar-refractivity contribution is -0.0589. The molecule has 0 spiro atoms. The molecule has 4 heterocycles. The van der Waals surface area contributed by atoms with E-state index in [2.05, 4.69) is 71.1 Å². The molecular weight excluding hydrogens is 598 g/mol. The lowest BCUT2D eigenvalue weighted by atomic mass is 9.97. The number of imidazole rings is 1. The predicted octanol–water partition coefficient (Wildman–Crippen LogP) is 7.22. The van der Waals surface area contributed by atoms with E-state index in [4.69, 9.17) is 29.9 Å². The quantitative estimate of drug-likeness (QED) is 0.189. The Morgan fingerprint density at radius 2 is 1.88 bits per heavy atom. The van der Waals surface area contributed by atoms with Gasteiger partial charge in [-0.2, -0.15) is 0 Å². The Labute approximate surface area is 281 Å². The van der Waals surface area contributed by atoms with Crippen LogP contribution in [-0.4, -0.2) is 46.1 Å². The van der Waals surface area contributed by atoms with Crippen molar-refractivity contribution in [2.45, 2.75) is 70.7 Å². The highest BCUT2D eigenvalue weighted by Gasteiger charge is 2.23. The van der Waals surface area contributed by atoms with Crippen molar-refractivity contribution in [3.63, 3.8) is 0 Å². The minimum atomic E-state index is 0.226. The van der Waals surface area contributed by atoms with E-state index < -0.39 is 0 Å². The molecule has 2 aliphatic heterocycles. The lowest BCUT2D eigenvalue weighted by Crippen LogP contribution is -2.31. The van der Waals surface area contributed by atoms with Crippen LogP contribution < -0.4 is 15.2 Å². The Hall–Kier alpha value is -4.95. The second-order valence-corrected chi connectivity index (χ2v) is 13.1. The molecule has 1 saturated heterocycles. The highest BCUT2D eigenvalue weighted by atomic mass is 16.5. The van der Waals surface area contributed by atoms with Crippen molar-refractivity contribution >= 4 is 22.8 Å². The van der Waals surface area contributed by atoms with E-state index in [0.29, 0.717) is 31.6 Å². The normalized spacial score (nSPS) is 18.1. The van der Waals surface area contributed by atoms with Gasteiger partial charge < -0.3 is 24.5 Å². The first-order valence-corrected chi connectivity index (χ1v) is 17.1. The maximum absolute atomic E-state index is 6.63. The average molecular weight is 640 g/mol. The molecule has 8 rings (SSSR count). The molecule has 2 N–H and O–H groups in total. The number of ether oxygens (including phenoxy) is 3. The van der Waals surface area contributed by atoms with Gasteiger partial charge in [-0.05, 0) is 85.5 Å². The summed E-state index contributed by atoms with van der Waals surface area (Å²) in [6, 6.07) is 25.7. The summed E-state index contributed by atoms with van der Waals surface area (Å²) in [5.41, 5.74) is 16.7. The summed E-state index contributed by atoms with van der Waals surface area (Å²) in [6.45, 7) is 4.76. The molecule has 8 nitrogen and oxygen atoms in total. The number of rotatable bonds is 7. The standard InChI is InChI=1S/C40H41N5O3/c1-26-7-14-36-37(18-26)45(24-34-15-17-46-34)39(43-36)21-30-10-9-29-20-38(30)47-16-3-4-27-19-28(32(22-41)23-42-33-12-13-33)8-11-31(27)25-48-40-6-2-5-35(29)44-40/h2,5-11,14,18-20,22-23,33-34H,3-4,12-13,15-17,21,24-25,41H2,1H3/b32-22+,42-23?. The van der Waals surface area contributed by atoms with Gasteiger partial charge in [-0.15, -0.1) is 0 Å². The van der Waals surface area contributed by atoms with Crippen molar-refractivity contribution in [3.8, 4) is 22.9 Å². The van der Waals surface area contributed by atoms with Crippen molar-refractivity contribution in [2.24, 2.45) is 10.7 Å². The van der Waals surface area contributed by atoms with Gasteiger partial charge in [0.2, 0.25) is 5.88 Å². The van der Waals surface area contributed by atoms with Gasteiger partial charge in [0, 0.05) is 48.2 Å². The van der Waals surface area contributed by atoms with Crippen LogP contribution in [0.1, 0.15) is 59.3 Å². The van der Waals surface area contributed by atoms with Crippen molar-refractivity contribution in [1.29, 1.82) is 0 Å². The SMILES string of the molecule is Cc1ccc2nc(Cc3ccc4cc3OCCCc3cc(/C(C=NC5CC5)=C/N)ccc3COc3cccc-4n3)n(CC3CCO3)c2c1. The van der Waals surface area contributed by atoms with Gasteiger partial charge in [-0.25, -0.2) is 9.97 Å². The number of allylic oxidation sites excluding steroid dienone is 1. The fraction of sp³-hybridized carbons (Fsp3) is 0.325. The number of aromatic nitrogens is 3. The number of aliphatic imine (C=N–C) groups is 1. The molecular formula is C40H41N5O3. The molecule has 0 amide bonds. The maximum atomic E-state index is 6.63. The summed E-state index contributed by atoms with van der Waals surface area (Å²) in [4.78, 5) is 14.6. The Balaban J connectivity index is 1.11.